The van der Waals surface area contributed by atoms with Crippen molar-refractivity contribution < 1.29 is 9.18 Å². The van der Waals surface area contributed by atoms with E-state index in [0.717, 1.165) is 4.68 Å². The van der Waals surface area contributed by atoms with Crippen molar-refractivity contribution >= 4 is 22.3 Å². The second kappa shape index (κ2) is 5.49. The number of carbonyl (C=O) groups excluding carboxylic acids is 1. The largest absolute Gasteiger partial charge is 0.352 e. The summed E-state index contributed by atoms with van der Waals surface area (Å²) in [5.41, 5.74) is 0.698. The second-order valence-electron chi connectivity index (χ2n) is 5.80. The molecule has 6 nitrogen and oxygen atoms in total. The molecule has 1 N–H and O–H groups in total. The number of nitrogens with zero attached hydrogens (tertiary/aromatic N) is 3. The van der Waals surface area contributed by atoms with E-state index in [-0.39, 0.29) is 29.9 Å². The van der Waals surface area contributed by atoms with Crippen LogP contribution >= 0.6 is 0 Å². The van der Waals surface area contributed by atoms with E-state index in [4.69, 9.17) is 0 Å². The van der Waals surface area contributed by atoms with Gasteiger partial charge in [-0.05, 0) is 45.0 Å². The Labute approximate surface area is 131 Å². The van der Waals surface area contributed by atoms with Crippen LogP contribution in [0, 0.1) is 12.7 Å². The molecule has 2 aromatic heterocycles. The lowest BCUT2D eigenvalue weighted by Crippen LogP contribution is -2.37. The lowest BCUT2D eigenvalue weighted by atomic mass is 10.2. The first-order chi connectivity index (χ1) is 10.9. The molecule has 0 atom stereocenters. The van der Waals surface area contributed by atoms with Crippen LogP contribution in [0.5, 0.6) is 0 Å². The highest BCUT2D eigenvalue weighted by atomic mass is 19.1. The average Bonchev–Trinajstić information content (AvgIpc) is 2.82. The van der Waals surface area contributed by atoms with Gasteiger partial charge in [0.05, 0.1) is 5.52 Å². The maximum atomic E-state index is 13.4. The highest BCUT2D eigenvalue weighted by Crippen LogP contribution is 2.20. The molecule has 0 radical (unpaired) electrons. The van der Waals surface area contributed by atoms with Crippen LogP contribution in [0.25, 0.3) is 16.4 Å². The van der Waals surface area contributed by atoms with E-state index < -0.39 is 0 Å². The van der Waals surface area contributed by atoms with Crippen molar-refractivity contribution in [1.82, 2.24) is 19.5 Å². The number of nitrogens with one attached hydrogen (secondary N) is 1. The van der Waals surface area contributed by atoms with Gasteiger partial charge in [-0.3, -0.25) is 14.0 Å². The molecule has 3 rings (SSSR count). The van der Waals surface area contributed by atoms with E-state index in [1.165, 1.54) is 12.1 Å². The Balaban J connectivity index is 2.16. The predicted molar refractivity (Wildman–Crippen MR) is 84.9 cm³/mol. The summed E-state index contributed by atoms with van der Waals surface area (Å²) in [5, 5.41) is 7.55. The van der Waals surface area contributed by atoms with Crippen LogP contribution in [0.1, 0.15) is 19.7 Å². The summed E-state index contributed by atoms with van der Waals surface area (Å²) in [4.78, 5) is 24.4. The van der Waals surface area contributed by atoms with Crippen LogP contribution in [0.2, 0.25) is 0 Å². The summed E-state index contributed by atoms with van der Waals surface area (Å²) in [6, 6.07) is 5.93. The number of hydrogen-bond acceptors (Lipinski definition) is 3. The lowest BCUT2D eigenvalue weighted by molar-refractivity contribution is -0.122. The molecule has 0 unspecified atom stereocenters. The zero-order valence-corrected chi connectivity index (χ0v) is 13.1. The third-order valence-electron chi connectivity index (χ3n) is 3.55. The molecule has 1 aromatic carbocycles. The normalized spacial score (nSPS) is 11.5. The van der Waals surface area contributed by atoms with Gasteiger partial charge in [0.1, 0.15) is 23.7 Å². The molecule has 2 heterocycles. The first kappa shape index (κ1) is 15.2. The van der Waals surface area contributed by atoms with Gasteiger partial charge in [-0.15, -0.1) is 0 Å². The summed E-state index contributed by atoms with van der Waals surface area (Å²) in [6.45, 7) is 5.28. The second-order valence-corrected chi connectivity index (χ2v) is 5.80. The van der Waals surface area contributed by atoms with Gasteiger partial charge in [0.15, 0.2) is 0 Å². The first-order valence-corrected chi connectivity index (χ1v) is 7.34. The minimum atomic E-state index is -0.383. The summed E-state index contributed by atoms with van der Waals surface area (Å²) < 4.78 is 16.2. The van der Waals surface area contributed by atoms with Crippen LogP contribution in [0.4, 0.5) is 4.39 Å². The van der Waals surface area contributed by atoms with Crippen molar-refractivity contribution in [1.29, 1.82) is 0 Å². The Kier molecular flexibility index (Phi) is 3.63. The molecule has 0 spiro atoms. The van der Waals surface area contributed by atoms with Crippen LogP contribution in [-0.2, 0) is 11.3 Å². The van der Waals surface area contributed by atoms with Crippen molar-refractivity contribution in [2.75, 3.05) is 0 Å². The number of amides is 1. The average molecular weight is 316 g/mol. The van der Waals surface area contributed by atoms with Crippen LogP contribution in [0.15, 0.2) is 29.1 Å². The smallest absolute Gasteiger partial charge is 0.291 e. The highest BCUT2D eigenvalue weighted by molar-refractivity contribution is 5.87. The number of fused-ring (bicyclic) bond motifs is 3. The van der Waals surface area contributed by atoms with Crippen molar-refractivity contribution in [2.45, 2.75) is 33.4 Å². The van der Waals surface area contributed by atoms with Gasteiger partial charge in [0.2, 0.25) is 5.91 Å². The Morgan fingerprint density at radius 2 is 2.04 bits per heavy atom. The van der Waals surface area contributed by atoms with E-state index in [0.29, 0.717) is 22.2 Å². The molecule has 23 heavy (non-hydrogen) atoms. The standard InChI is InChI=1S/C16H17FN4O2/c1-9(2)18-15(22)8-20-16(23)14-7-11-6-12(17)4-5-13(11)21(14)10(3)19-20/h4-7,9H,8H2,1-3H3,(H,18,22). The van der Waals surface area contributed by atoms with Gasteiger partial charge in [0, 0.05) is 11.4 Å². The third kappa shape index (κ3) is 2.69. The van der Waals surface area contributed by atoms with Gasteiger partial charge in [0.25, 0.3) is 5.56 Å². The number of hydrogen-bond donors (Lipinski definition) is 1. The lowest BCUT2D eigenvalue weighted by Gasteiger charge is -2.11. The molecule has 120 valence electrons. The fraction of sp³-hybridized carbons (Fsp3) is 0.312. The minimum absolute atomic E-state index is 0.0121. The zero-order chi connectivity index (χ0) is 16.7. The van der Waals surface area contributed by atoms with Crippen molar-refractivity contribution in [3.63, 3.8) is 0 Å². The summed E-state index contributed by atoms with van der Waals surface area (Å²) >= 11 is 0. The van der Waals surface area contributed by atoms with Gasteiger partial charge in [-0.25, -0.2) is 9.07 Å². The molecule has 0 saturated heterocycles. The number of rotatable bonds is 3. The molecule has 3 aromatic rings. The van der Waals surface area contributed by atoms with Crippen molar-refractivity contribution in [3.05, 3.63) is 46.3 Å². The van der Waals surface area contributed by atoms with E-state index in [1.54, 1.807) is 23.5 Å². The Morgan fingerprint density at radius 3 is 2.74 bits per heavy atom. The fourth-order valence-electron chi connectivity index (χ4n) is 2.70. The molecule has 0 bridgehead atoms. The van der Waals surface area contributed by atoms with Crippen molar-refractivity contribution in [3.8, 4) is 0 Å². The predicted octanol–water partition coefficient (Wildman–Crippen LogP) is 1.62. The number of benzene rings is 1. The molecule has 0 aliphatic carbocycles. The Morgan fingerprint density at radius 1 is 1.30 bits per heavy atom. The molecule has 7 heteroatoms. The Hall–Kier alpha value is -2.70. The quantitative estimate of drug-likeness (QED) is 0.798. The molecule has 0 saturated carbocycles. The van der Waals surface area contributed by atoms with E-state index in [2.05, 4.69) is 10.4 Å². The summed E-state index contributed by atoms with van der Waals surface area (Å²) in [5.74, 6) is -0.0882. The van der Waals surface area contributed by atoms with Gasteiger partial charge in [-0.1, -0.05) is 0 Å². The maximum absolute atomic E-state index is 13.4. The number of aromatic nitrogens is 3. The first-order valence-electron chi connectivity index (χ1n) is 7.34. The van der Waals surface area contributed by atoms with Crippen LogP contribution in [-0.4, -0.2) is 26.1 Å². The SMILES string of the molecule is Cc1nn(CC(=O)NC(C)C)c(=O)c2cc3cc(F)ccc3n12. The fourth-order valence-corrected chi connectivity index (χ4v) is 2.70. The Bertz CT molecular complexity index is 972. The molecular formula is C16H17FN4O2. The number of carbonyl (C=O) groups is 1. The molecule has 0 aliphatic rings. The summed E-state index contributed by atoms with van der Waals surface area (Å²) in [7, 11) is 0. The number of aryl methyl sites for hydroxylation is 1. The van der Waals surface area contributed by atoms with Crippen LogP contribution < -0.4 is 10.9 Å². The molecular weight excluding hydrogens is 299 g/mol. The molecule has 0 aliphatic heterocycles. The van der Waals surface area contributed by atoms with Crippen molar-refractivity contribution in [2.24, 2.45) is 0 Å². The van der Waals surface area contributed by atoms with Gasteiger partial charge < -0.3 is 5.32 Å². The third-order valence-corrected chi connectivity index (χ3v) is 3.55. The monoisotopic (exact) mass is 316 g/mol. The zero-order valence-electron chi connectivity index (χ0n) is 13.1. The maximum Gasteiger partial charge on any atom is 0.291 e. The summed E-state index contributed by atoms with van der Waals surface area (Å²) in [6.07, 6.45) is 0. The highest BCUT2D eigenvalue weighted by Gasteiger charge is 2.14. The van der Waals surface area contributed by atoms with E-state index in [9.17, 15) is 14.0 Å². The van der Waals surface area contributed by atoms with Crippen LogP contribution in [0.3, 0.4) is 0 Å². The topological polar surface area (TPSA) is 68.4 Å². The molecule has 1 amide bonds. The van der Waals surface area contributed by atoms with E-state index in [1.807, 2.05) is 13.8 Å². The molecule has 0 fully saturated rings. The van der Waals surface area contributed by atoms with E-state index >= 15 is 0 Å². The van der Waals surface area contributed by atoms with Gasteiger partial charge in [-0.2, -0.15) is 5.10 Å². The number of halogens is 1. The minimum Gasteiger partial charge on any atom is -0.352 e. The van der Waals surface area contributed by atoms with Gasteiger partial charge >= 0.3 is 0 Å².